The van der Waals surface area contributed by atoms with Gasteiger partial charge in [0.25, 0.3) is 5.91 Å². The highest BCUT2D eigenvalue weighted by Gasteiger charge is 2.56. The summed E-state index contributed by atoms with van der Waals surface area (Å²) in [6.45, 7) is 4.61. The summed E-state index contributed by atoms with van der Waals surface area (Å²) in [4.78, 5) is 15.4. The molecular formula is C20H27NO5. The van der Waals surface area contributed by atoms with Crippen molar-refractivity contribution in [1.29, 1.82) is 0 Å². The Hall–Kier alpha value is -1.63. The lowest BCUT2D eigenvalue weighted by atomic mass is 9.66. The van der Waals surface area contributed by atoms with E-state index < -0.39 is 5.60 Å². The Kier molecular flexibility index (Phi) is 4.67. The van der Waals surface area contributed by atoms with Crippen LogP contribution in [0.2, 0.25) is 0 Å². The van der Waals surface area contributed by atoms with E-state index in [4.69, 9.17) is 14.2 Å². The molecule has 0 saturated carbocycles. The summed E-state index contributed by atoms with van der Waals surface area (Å²) in [7, 11) is 1.62. The number of benzene rings is 1. The van der Waals surface area contributed by atoms with Crippen molar-refractivity contribution in [1.82, 2.24) is 4.90 Å². The van der Waals surface area contributed by atoms with Gasteiger partial charge in [-0.25, -0.2) is 0 Å². The molecule has 0 unspecified atom stereocenters. The number of piperidine rings is 1. The molecule has 0 aliphatic carbocycles. The summed E-state index contributed by atoms with van der Waals surface area (Å²) in [6, 6.07) is 5.58. The average molecular weight is 361 g/mol. The molecule has 0 spiro atoms. The minimum absolute atomic E-state index is 0.00111. The standard InChI is InChI=1S/C20H27NO5/c1-13-15(4-3-5-18(13)24-2)19(22)21-10-14-11-26-9-7-20(14,23)16-12-25-8-6-17(16)21/h3-5,14,16-17,23H,6-12H2,1-2H3/t14-,16+,17-,20-/m1/s1. The predicted octanol–water partition coefficient (Wildman–Crippen LogP) is 1.63. The Labute approximate surface area is 154 Å². The molecule has 1 aromatic rings. The van der Waals surface area contributed by atoms with Gasteiger partial charge >= 0.3 is 0 Å². The van der Waals surface area contributed by atoms with Gasteiger partial charge in [-0.2, -0.15) is 0 Å². The lowest BCUT2D eigenvalue weighted by Crippen LogP contribution is -2.68. The van der Waals surface area contributed by atoms with Crippen molar-refractivity contribution in [2.24, 2.45) is 11.8 Å². The fourth-order valence-corrected chi connectivity index (χ4v) is 4.91. The van der Waals surface area contributed by atoms with Crippen molar-refractivity contribution in [3.8, 4) is 5.75 Å². The van der Waals surface area contributed by atoms with Crippen LogP contribution in [0.15, 0.2) is 18.2 Å². The topological polar surface area (TPSA) is 68.2 Å². The van der Waals surface area contributed by atoms with E-state index in [9.17, 15) is 9.90 Å². The summed E-state index contributed by atoms with van der Waals surface area (Å²) in [5, 5.41) is 11.4. The third-order valence-corrected chi connectivity index (χ3v) is 6.45. The summed E-state index contributed by atoms with van der Waals surface area (Å²) < 4.78 is 16.7. The number of carbonyl (C=O) groups excluding carboxylic acids is 1. The number of hydrogen-bond donors (Lipinski definition) is 1. The molecule has 0 aromatic heterocycles. The second-order valence-corrected chi connectivity index (χ2v) is 7.64. The van der Waals surface area contributed by atoms with Crippen molar-refractivity contribution in [2.45, 2.75) is 31.4 Å². The summed E-state index contributed by atoms with van der Waals surface area (Å²) in [5.74, 6) is 0.586. The molecule has 3 aliphatic heterocycles. The van der Waals surface area contributed by atoms with E-state index in [0.717, 1.165) is 12.0 Å². The third kappa shape index (κ3) is 2.71. The van der Waals surface area contributed by atoms with Crippen LogP contribution in [-0.4, -0.2) is 67.6 Å². The lowest BCUT2D eigenvalue weighted by molar-refractivity contribution is -0.212. The van der Waals surface area contributed by atoms with Gasteiger partial charge in [-0.3, -0.25) is 4.79 Å². The number of methoxy groups -OCH3 is 1. The molecule has 3 fully saturated rings. The second kappa shape index (κ2) is 6.83. The highest BCUT2D eigenvalue weighted by Crippen LogP contribution is 2.44. The molecule has 4 atom stereocenters. The van der Waals surface area contributed by atoms with Crippen molar-refractivity contribution in [2.75, 3.05) is 40.1 Å². The van der Waals surface area contributed by atoms with Gasteiger partial charge in [0.15, 0.2) is 0 Å². The molecule has 26 heavy (non-hydrogen) atoms. The van der Waals surface area contributed by atoms with Crippen molar-refractivity contribution >= 4 is 5.91 Å². The fraction of sp³-hybridized carbons (Fsp3) is 0.650. The summed E-state index contributed by atoms with van der Waals surface area (Å²) in [5.41, 5.74) is 0.713. The van der Waals surface area contributed by atoms with Gasteiger partial charge in [0.05, 0.1) is 25.9 Å². The monoisotopic (exact) mass is 361 g/mol. The van der Waals surface area contributed by atoms with Gasteiger partial charge in [-0.15, -0.1) is 0 Å². The molecule has 0 radical (unpaired) electrons. The van der Waals surface area contributed by atoms with Crippen LogP contribution in [0.25, 0.3) is 0 Å². The maximum atomic E-state index is 13.4. The Morgan fingerprint density at radius 2 is 2.12 bits per heavy atom. The first-order chi connectivity index (χ1) is 12.6. The normalized spacial score (nSPS) is 34.0. The van der Waals surface area contributed by atoms with Crippen LogP contribution in [0, 0.1) is 18.8 Å². The zero-order valence-electron chi connectivity index (χ0n) is 15.4. The zero-order chi connectivity index (χ0) is 18.3. The lowest BCUT2D eigenvalue weighted by Gasteiger charge is -2.57. The maximum absolute atomic E-state index is 13.4. The maximum Gasteiger partial charge on any atom is 0.254 e. The number of nitrogens with zero attached hydrogens (tertiary/aromatic N) is 1. The number of hydrogen-bond acceptors (Lipinski definition) is 5. The van der Waals surface area contributed by atoms with Crippen molar-refractivity contribution < 1.29 is 24.1 Å². The SMILES string of the molecule is COc1cccc(C(=O)N2C[C@@H]3COCC[C@]3(O)[C@H]3COCC[C@H]32)c1C. The predicted molar refractivity (Wildman–Crippen MR) is 95.4 cm³/mol. The molecule has 3 heterocycles. The Morgan fingerprint density at radius 3 is 2.92 bits per heavy atom. The van der Waals surface area contributed by atoms with Crippen molar-refractivity contribution in [3.05, 3.63) is 29.3 Å². The van der Waals surface area contributed by atoms with Crippen LogP contribution in [0.1, 0.15) is 28.8 Å². The summed E-state index contributed by atoms with van der Waals surface area (Å²) >= 11 is 0. The molecule has 6 nitrogen and oxygen atoms in total. The van der Waals surface area contributed by atoms with Gasteiger partial charge < -0.3 is 24.2 Å². The van der Waals surface area contributed by atoms with Gasteiger partial charge in [-0.1, -0.05) is 6.07 Å². The highest BCUT2D eigenvalue weighted by molar-refractivity contribution is 5.96. The van der Waals surface area contributed by atoms with E-state index in [2.05, 4.69) is 0 Å². The first kappa shape index (κ1) is 17.8. The molecular weight excluding hydrogens is 334 g/mol. The molecule has 1 amide bonds. The van der Waals surface area contributed by atoms with Crippen molar-refractivity contribution in [3.63, 3.8) is 0 Å². The van der Waals surface area contributed by atoms with Crippen LogP contribution < -0.4 is 4.74 Å². The van der Waals surface area contributed by atoms with Crippen LogP contribution in [-0.2, 0) is 9.47 Å². The molecule has 142 valence electrons. The Bertz CT molecular complexity index is 693. The highest BCUT2D eigenvalue weighted by atomic mass is 16.5. The third-order valence-electron chi connectivity index (χ3n) is 6.45. The van der Waals surface area contributed by atoms with E-state index >= 15 is 0 Å². The number of likely N-dealkylation sites (tertiary alicyclic amines) is 1. The fourth-order valence-electron chi connectivity index (χ4n) is 4.91. The van der Waals surface area contributed by atoms with E-state index in [1.54, 1.807) is 7.11 Å². The van der Waals surface area contributed by atoms with Crippen LogP contribution in [0.3, 0.4) is 0 Å². The van der Waals surface area contributed by atoms with Crippen LogP contribution >= 0.6 is 0 Å². The smallest absolute Gasteiger partial charge is 0.254 e. The largest absolute Gasteiger partial charge is 0.496 e. The molecule has 0 bridgehead atoms. The van der Waals surface area contributed by atoms with Crippen LogP contribution in [0.5, 0.6) is 5.75 Å². The molecule has 6 heteroatoms. The van der Waals surface area contributed by atoms with Crippen LogP contribution in [0.4, 0.5) is 0 Å². The molecule has 3 saturated heterocycles. The summed E-state index contributed by atoms with van der Waals surface area (Å²) in [6.07, 6.45) is 1.37. The molecule has 1 N–H and O–H groups in total. The second-order valence-electron chi connectivity index (χ2n) is 7.64. The van der Waals surface area contributed by atoms with Gasteiger partial charge in [-0.05, 0) is 25.5 Å². The first-order valence-electron chi connectivity index (χ1n) is 9.38. The number of aliphatic hydroxyl groups is 1. The van der Waals surface area contributed by atoms with E-state index in [1.165, 1.54) is 0 Å². The number of ether oxygens (including phenoxy) is 3. The first-order valence-corrected chi connectivity index (χ1v) is 9.38. The number of amides is 1. The number of carbonyl (C=O) groups is 1. The van der Waals surface area contributed by atoms with E-state index in [-0.39, 0.29) is 23.8 Å². The number of rotatable bonds is 2. The van der Waals surface area contributed by atoms with Gasteiger partial charge in [0.1, 0.15) is 5.75 Å². The van der Waals surface area contributed by atoms with E-state index in [1.807, 2.05) is 30.0 Å². The zero-order valence-corrected chi connectivity index (χ0v) is 15.4. The minimum Gasteiger partial charge on any atom is -0.496 e. The minimum atomic E-state index is -0.802. The molecule has 3 aliphatic rings. The van der Waals surface area contributed by atoms with E-state index in [0.29, 0.717) is 50.7 Å². The number of fused-ring (bicyclic) bond motifs is 3. The quantitative estimate of drug-likeness (QED) is 0.867. The molecule has 4 rings (SSSR count). The Balaban J connectivity index is 1.68. The molecule has 1 aromatic carbocycles. The Morgan fingerprint density at radius 1 is 1.31 bits per heavy atom. The van der Waals surface area contributed by atoms with Gasteiger partial charge in [0, 0.05) is 55.2 Å². The van der Waals surface area contributed by atoms with Gasteiger partial charge in [0.2, 0.25) is 0 Å². The average Bonchev–Trinajstić information content (AvgIpc) is 2.67.